The van der Waals surface area contributed by atoms with Crippen LogP contribution in [0.5, 0.6) is 0 Å². The molecule has 2 aromatic carbocycles. The van der Waals surface area contributed by atoms with Crippen molar-refractivity contribution in [1.29, 1.82) is 0 Å². The molecule has 4 aliphatic heterocycles. The summed E-state index contributed by atoms with van der Waals surface area (Å²) < 4.78 is 0. The lowest BCUT2D eigenvalue weighted by molar-refractivity contribution is -0.122. The first-order valence-corrected chi connectivity index (χ1v) is 12.4. The number of hydrazine groups is 1. The number of amides is 1. The van der Waals surface area contributed by atoms with E-state index in [0.717, 1.165) is 65.2 Å². The summed E-state index contributed by atoms with van der Waals surface area (Å²) in [4.78, 5) is 19.7. The quantitative estimate of drug-likeness (QED) is 0.600. The predicted molar refractivity (Wildman–Crippen MR) is 140 cm³/mol. The SMILES string of the molecule is CN1CCC2(CC1)C(=O)Nc1cc(C3=CC=C4N(Cc5ccc6ncccc6c5)N=CN4N3)ccc12. The number of rotatable bonds is 3. The number of fused-ring (bicyclic) bond motifs is 4. The van der Waals surface area contributed by atoms with Gasteiger partial charge in [0, 0.05) is 22.8 Å². The molecule has 5 heterocycles. The van der Waals surface area contributed by atoms with E-state index in [9.17, 15) is 4.79 Å². The van der Waals surface area contributed by atoms with Crippen molar-refractivity contribution in [3.63, 3.8) is 0 Å². The Morgan fingerprint density at radius 1 is 1.06 bits per heavy atom. The lowest BCUT2D eigenvalue weighted by Crippen LogP contribution is -2.45. The van der Waals surface area contributed by atoms with Crippen molar-refractivity contribution in [2.45, 2.75) is 24.8 Å². The number of pyridine rings is 1. The molecule has 36 heavy (non-hydrogen) atoms. The number of hydrazone groups is 1. The summed E-state index contributed by atoms with van der Waals surface area (Å²) in [6.07, 6.45) is 9.48. The van der Waals surface area contributed by atoms with E-state index < -0.39 is 0 Å². The molecular formula is C28H27N7O. The summed E-state index contributed by atoms with van der Waals surface area (Å²) in [5.74, 6) is 1.10. The summed E-state index contributed by atoms with van der Waals surface area (Å²) >= 11 is 0. The fraction of sp³-hybridized carbons (Fsp3) is 0.250. The Morgan fingerprint density at radius 2 is 1.94 bits per heavy atom. The number of allylic oxidation sites excluding steroid dienone is 2. The van der Waals surface area contributed by atoms with Crippen molar-refractivity contribution in [2.24, 2.45) is 5.10 Å². The summed E-state index contributed by atoms with van der Waals surface area (Å²) in [6, 6.07) is 16.7. The zero-order valence-electron chi connectivity index (χ0n) is 20.1. The third-order valence-electron chi connectivity index (χ3n) is 7.83. The minimum absolute atomic E-state index is 0.141. The van der Waals surface area contributed by atoms with Gasteiger partial charge in [-0.15, -0.1) is 0 Å². The fourth-order valence-corrected chi connectivity index (χ4v) is 5.71. The minimum atomic E-state index is -0.386. The van der Waals surface area contributed by atoms with Gasteiger partial charge in [0.2, 0.25) is 5.91 Å². The van der Waals surface area contributed by atoms with E-state index in [-0.39, 0.29) is 11.3 Å². The van der Waals surface area contributed by atoms with Gasteiger partial charge in [-0.2, -0.15) is 5.10 Å². The Labute approximate surface area is 209 Å². The smallest absolute Gasteiger partial charge is 0.235 e. The first-order valence-electron chi connectivity index (χ1n) is 12.4. The van der Waals surface area contributed by atoms with Crippen LogP contribution in [0.2, 0.25) is 0 Å². The Kier molecular flexibility index (Phi) is 4.65. The highest BCUT2D eigenvalue weighted by Gasteiger charge is 2.48. The Morgan fingerprint density at radius 3 is 2.83 bits per heavy atom. The number of nitrogens with zero attached hydrogens (tertiary/aromatic N) is 5. The molecule has 180 valence electrons. The van der Waals surface area contributed by atoms with Gasteiger partial charge in [-0.3, -0.25) is 15.2 Å². The van der Waals surface area contributed by atoms with E-state index >= 15 is 0 Å². The topological polar surface area (TPSA) is 76.1 Å². The van der Waals surface area contributed by atoms with Crippen LogP contribution < -0.4 is 10.7 Å². The second-order valence-electron chi connectivity index (χ2n) is 10.0. The van der Waals surface area contributed by atoms with E-state index in [1.807, 2.05) is 22.3 Å². The first-order chi connectivity index (χ1) is 17.6. The first kappa shape index (κ1) is 21.1. The van der Waals surface area contributed by atoms with E-state index in [1.165, 1.54) is 5.56 Å². The van der Waals surface area contributed by atoms with Crippen LogP contribution in [0, 0.1) is 0 Å². The van der Waals surface area contributed by atoms with Gasteiger partial charge in [0.15, 0.2) is 0 Å². The van der Waals surface area contributed by atoms with Gasteiger partial charge in [0.1, 0.15) is 12.2 Å². The summed E-state index contributed by atoms with van der Waals surface area (Å²) in [5, 5.41) is 12.8. The number of aromatic nitrogens is 1. The van der Waals surface area contributed by atoms with Crippen molar-refractivity contribution in [1.82, 2.24) is 25.3 Å². The number of piperidine rings is 1. The molecule has 7 rings (SSSR count). The molecule has 1 fully saturated rings. The van der Waals surface area contributed by atoms with Crippen molar-refractivity contribution in [2.75, 3.05) is 25.5 Å². The summed E-state index contributed by atoms with van der Waals surface area (Å²) in [6.45, 7) is 2.54. The fourth-order valence-electron chi connectivity index (χ4n) is 5.71. The second-order valence-corrected chi connectivity index (χ2v) is 10.0. The van der Waals surface area contributed by atoms with Crippen LogP contribution in [-0.4, -0.2) is 52.3 Å². The van der Waals surface area contributed by atoms with Crippen LogP contribution >= 0.6 is 0 Å². The van der Waals surface area contributed by atoms with Crippen molar-refractivity contribution >= 4 is 34.5 Å². The van der Waals surface area contributed by atoms with Crippen LogP contribution in [0.1, 0.15) is 29.5 Å². The van der Waals surface area contributed by atoms with Crippen LogP contribution in [0.4, 0.5) is 5.69 Å². The largest absolute Gasteiger partial charge is 0.325 e. The van der Waals surface area contributed by atoms with Crippen LogP contribution in [0.3, 0.4) is 0 Å². The standard InChI is InChI=1S/C28H27N7O/c1-33-13-10-28(11-14-33)22-6-5-21(16-25(22)31-27(28)36)24-8-9-26-34(30-18-35(26)32-24)17-19-4-7-23-20(15-19)3-2-12-29-23/h2-9,12,15-16,18,32H,10-11,13-14,17H2,1H3,(H,31,36). The van der Waals surface area contributed by atoms with E-state index in [1.54, 1.807) is 6.34 Å². The molecule has 0 atom stereocenters. The predicted octanol–water partition coefficient (Wildman–Crippen LogP) is 3.61. The summed E-state index contributed by atoms with van der Waals surface area (Å²) in [7, 11) is 2.12. The molecule has 1 saturated heterocycles. The Balaban J connectivity index is 1.13. The van der Waals surface area contributed by atoms with Gasteiger partial charge >= 0.3 is 0 Å². The normalized spacial score (nSPS) is 20.2. The number of likely N-dealkylation sites (tertiary alicyclic amines) is 1. The molecule has 0 saturated carbocycles. The Hall–Kier alpha value is -4.17. The van der Waals surface area contributed by atoms with Crippen molar-refractivity contribution in [3.8, 4) is 0 Å². The number of anilines is 1. The number of carbonyl (C=O) groups excluding carboxylic acids is 1. The molecule has 0 bridgehead atoms. The third kappa shape index (κ3) is 3.29. The number of carbonyl (C=O) groups is 1. The van der Waals surface area contributed by atoms with Gasteiger partial charge in [0.25, 0.3) is 0 Å². The number of nitrogens with one attached hydrogen (secondary N) is 2. The molecule has 1 aromatic heterocycles. The highest BCUT2D eigenvalue weighted by molar-refractivity contribution is 6.06. The number of hydrogen-bond acceptors (Lipinski definition) is 7. The minimum Gasteiger partial charge on any atom is -0.325 e. The summed E-state index contributed by atoms with van der Waals surface area (Å²) in [5.41, 5.74) is 9.30. The molecule has 1 amide bonds. The average molecular weight is 478 g/mol. The molecule has 0 unspecified atom stereocenters. The van der Waals surface area contributed by atoms with E-state index in [0.29, 0.717) is 6.54 Å². The van der Waals surface area contributed by atoms with Gasteiger partial charge in [-0.25, -0.2) is 10.0 Å². The van der Waals surface area contributed by atoms with E-state index in [4.69, 9.17) is 0 Å². The molecule has 3 aromatic rings. The molecule has 8 heteroatoms. The zero-order valence-corrected chi connectivity index (χ0v) is 20.1. The lowest BCUT2D eigenvalue weighted by Gasteiger charge is -2.36. The lowest BCUT2D eigenvalue weighted by atomic mass is 9.73. The van der Waals surface area contributed by atoms with Crippen molar-refractivity contribution < 1.29 is 4.79 Å². The molecule has 4 aliphatic rings. The second kappa shape index (κ2) is 7.93. The zero-order chi connectivity index (χ0) is 24.3. The monoisotopic (exact) mass is 477 g/mol. The average Bonchev–Trinajstić information content (AvgIpc) is 3.43. The highest BCUT2D eigenvalue weighted by atomic mass is 16.2. The van der Waals surface area contributed by atoms with Crippen molar-refractivity contribution in [3.05, 3.63) is 89.4 Å². The maximum absolute atomic E-state index is 13.0. The number of benzene rings is 2. The van der Waals surface area contributed by atoms with Gasteiger partial charge < -0.3 is 10.2 Å². The number of hydrogen-bond donors (Lipinski definition) is 2. The van der Waals surface area contributed by atoms with Gasteiger partial charge in [-0.05, 0) is 80.5 Å². The molecule has 1 spiro atoms. The van der Waals surface area contributed by atoms with Crippen LogP contribution in [0.15, 0.2) is 77.8 Å². The van der Waals surface area contributed by atoms with Gasteiger partial charge in [0.05, 0.1) is 23.2 Å². The maximum Gasteiger partial charge on any atom is 0.235 e. The van der Waals surface area contributed by atoms with E-state index in [2.05, 4.69) is 87.4 Å². The molecule has 8 nitrogen and oxygen atoms in total. The molecule has 0 radical (unpaired) electrons. The highest BCUT2D eigenvalue weighted by Crippen LogP contribution is 2.45. The molecule has 2 N–H and O–H groups in total. The maximum atomic E-state index is 13.0. The van der Waals surface area contributed by atoms with Gasteiger partial charge in [-0.1, -0.05) is 24.3 Å². The van der Waals surface area contributed by atoms with Crippen LogP contribution in [-0.2, 0) is 16.8 Å². The Bertz CT molecular complexity index is 1480. The third-order valence-corrected chi connectivity index (χ3v) is 7.83. The molecule has 0 aliphatic carbocycles. The molecular weight excluding hydrogens is 450 g/mol. The van der Waals surface area contributed by atoms with Crippen LogP contribution in [0.25, 0.3) is 16.6 Å².